The van der Waals surface area contributed by atoms with E-state index in [0.29, 0.717) is 5.56 Å². The minimum Gasteiger partial charge on any atom is -0.459 e. The van der Waals surface area contributed by atoms with Crippen molar-refractivity contribution in [3.8, 4) is 0 Å². The average molecular weight is 251 g/mol. The minimum absolute atomic E-state index is 0.0459. The highest BCUT2D eigenvalue weighted by molar-refractivity contribution is 5.89. The molecule has 0 bridgehead atoms. The van der Waals surface area contributed by atoms with Crippen molar-refractivity contribution in [2.45, 2.75) is 33.8 Å². The Hall–Kier alpha value is -1.91. The quantitative estimate of drug-likeness (QED) is 0.470. The van der Waals surface area contributed by atoms with Gasteiger partial charge in [-0.05, 0) is 24.5 Å². The van der Waals surface area contributed by atoms with E-state index >= 15 is 0 Å². The molecule has 0 aliphatic rings. The maximum absolute atomic E-state index is 11.8. The first-order valence-corrected chi connectivity index (χ1v) is 5.67. The Bertz CT molecular complexity index is 445. The Balaban J connectivity index is 2.76. The molecular formula is C13H17NO4. The summed E-state index contributed by atoms with van der Waals surface area (Å²) in [6.45, 7) is 7.74. The summed E-state index contributed by atoms with van der Waals surface area (Å²) in [5.41, 5.74) is 0.128. The maximum atomic E-state index is 11.8. The molecule has 0 radical (unpaired) electrons. The predicted octanol–water partition coefficient (Wildman–Crippen LogP) is 3.19. The van der Waals surface area contributed by atoms with E-state index in [-0.39, 0.29) is 17.2 Å². The molecule has 0 aliphatic carbocycles. The van der Waals surface area contributed by atoms with Gasteiger partial charge in [-0.15, -0.1) is 0 Å². The average Bonchev–Trinajstić information content (AvgIpc) is 2.27. The molecule has 0 saturated carbocycles. The van der Waals surface area contributed by atoms with E-state index < -0.39 is 10.9 Å². The Morgan fingerprint density at radius 1 is 1.28 bits per heavy atom. The van der Waals surface area contributed by atoms with Gasteiger partial charge in [0, 0.05) is 12.1 Å². The Morgan fingerprint density at radius 3 is 2.17 bits per heavy atom. The molecule has 5 nitrogen and oxygen atoms in total. The fourth-order valence-corrected chi connectivity index (χ4v) is 1.12. The van der Waals surface area contributed by atoms with Gasteiger partial charge in [0.1, 0.15) is 6.10 Å². The molecule has 1 rings (SSSR count). The van der Waals surface area contributed by atoms with E-state index in [1.807, 2.05) is 27.7 Å². The lowest BCUT2D eigenvalue weighted by Crippen LogP contribution is -2.28. The number of rotatable bonds is 3. The molecule has 0 aliphatic heterocycles. The number of ether oxygens (including phenoxy) is 1. The monoisotopic (exact) mass is 251 g/mol. The molecule has 0 spiro atoms. The Labute approximate surface area is 106 Å². The second-order valence-corrected chi connectivity index (χ2v) is 5.22. The predicted molar refractivity (Wildman–Crippen MR) is 67.4 cm³/mol. The first kappa shape index (κ1) is 14.2. The van der Waals surface area contributed by atoms with Crippen LogP contribution in [0.5, 0.6) is 0 Å². The van der Waals surface area contributed by atoms with Gasteiger partial charge in [0.15, 0.2) is 0 Å². The zero-order valence-electron chi connectivity index (χ0n) is 11.0. The zero-order valence-corrected chi connectivity index (χ0v) is 11.0. The number of hydrogen-bond donors (Lipinski definition) is 0. The van der Waals surface area contributed by atoms with E-state index in [1.54, 1.807) is 0 Å². The van der Waals surface area contributed by atoms with Crippen LogP contribution in [0.3, 0.4) is 0 Å². The number of carbonyl (C=O) groups excluding carboxylic acids is 1. The van der Waals surface area contributed by atoms with E-state index in [2.05, 4.69) is 0 Å². The molecule has 5 heteroatoms. The molecular weight excluding hydrogens is 234 g/mol. The van der Waals surface area contributed by atoms with Crippen molar-refractivity contribution < 1.29 is 14.5 Å². The molecule has 0 N–H and O–H groups in total. The molecule has 0 aromatic heterocycles. The van der Waals surface area contributed by atoms with Crippen LogP contribution in [-0.2, 0) is 4.74 Å². The lowest BCUT2D eigenvalue weighted by molar-refractivity contribution is -0.384. The maximum Gasteiger partial charge on any atom is 0.338 e. The van der Waals surface area contributed by atoms with Gasteiger partial charge in [-0.3, -0.25) is 10.1 Å². The van der Waals surface area contributed by atoms with Crippen LogP contribution in [0.25, 0.3) is 0 Å². The summed E-state index contributed by atoms with van der Waals surface area (Å²) in [4.78, 5) is 21.8. The largest absolute Gasteiger partial charge is 0.459 e. The van der Waals surface area contributed by atoms with Crippen molar-refractivity contribution >= 4 is 11.7 Å². The summed E-state index contributed by atoms with van der Waals surface area (Å²) < 4.78 is 5.29. The molecule has 0 fully saturated rings. The highest BCUT2D eigenvalue weighted by Gasteiger charge is 2.24. The summed E-state index contributed by atoms with van der Waals surface area (Å²) in [6.07, 6.45) is -0.236. The lowest BCUT2D eigenvalue weighted by atomic mass is 9.90. The lowest BCUT2D eigenvalue weighted by Gasteiger charge is -2.26. The third-order valence-electron chi connectivity index (χ3n) is 2.82. The van der Waals surface area contributed by atoms with Crippen molar-refractivity contribution in [3.05, 3.63) is 39.9 Å². The first-order chi connectivity index (χ1) is 8.21. The van der Waals surface area contributed by atoms with E-state index in [9.17, 15) is 14.9 Å². The number of hydrogen-bond acceptors (Lipinski definition) is 4. The number of nitrogens with zero attached hydrogens (tertiary/aromatic N) is 1. The number of benzene rings is 1. The Kier molecular flexibility index (Phi) is 4.06. The van der Waals surface area contributed by atoms with Crippen LogP contribution in [0.2, 0.25) is 0 Å². The third-order valence-corrected chi connectivity index (χ3v) is 2.82. The van der Waals surface area contributed by atoms with Crippen LogP contribution in [0.15, 0.2) is 24.3 Å². The summed E-state index contributed by atoms with van der Waals surface area (Å²) >= 11 is 0. The summed E-state index contributed by atoms with van der Waals surface area (Å²) in [5, 5.41) is 10.5. The number of esters is 1. The molecule has 1 aromatic rings. The summed E-state index contributed by atoms with van der Waals surface area (Å²) in [6, 6.07) is 5.38. The van der Waals surface area contributed by atoms with Gasteiger partial charge in [0.25, 0.3) is 5.69 Å². The molecule has 1 aromatic carbocycles. The second kappa shape index (κ2) is 5.16. The van der Waals surface area contributed by atoms with Gasteiger partial charge >= 0.3 is 5.97 Å². The van der Waals surface area contributed by atoms with Crippen LogP contribution in [0.4, 0.5) is 5.69 Å². The fraction of sp³-hybridized carbons (Fsp3) is 0.462. The van der Waals surface area contributed by atoms with Crippen molar-refractivity contribution in [1.82, 2.24) is 0 Å². The molecule has 98 valence electrons. The van der Waals surface area contributed by atoms with Gasteiger partial charge in [0.2, 0.25) is 0 Å². The number of non-ortho nitro benzene ring substituents is 1. The smallest absolute Gasteiger partial charge is 0.338 e. The minimum atomic E-state index is -0.507. The summed E-state index contributed by atoms with van der Waals surface area (Å²) in [5.74, 6) is -0.465. The first-order valence-electron chi connectivity index (χ1n) is 5.67. The molecule has 0 amide bonds. The standard InChI is InChI=1S/C13H17NO4/c1-9(13(2,3)4)18-12(15)10-5-7-11(8-6-10)14(16)17/h5-9H,1-4H3/t9-/m0/s1. The van der Waals surface area contributed by atoms with E-state index in [1.165, 1.54) is 24.3 Å². The highest BCUT2D eigenvalue weighted by atomic mass is 16.6. The zero-order chi connectivity index (χ0) is 13.9. The molecule has 1 atom stereocenters. The highest BCUT2D eigenvalue weighted by Crippen LogP contribution is 2.23. The Morgan fingerprint density at radius 2 is 1.78 bits per heavy atom. The normalized spacial score (nSPS) is 12.9. The van der Waals surface area contributed by atoms with Crippen LogP contribution >= 0.6 is 0 Å². The van der Waals surface area contributed by atoms with Gasteiger partial charge in [0.05, 0.1) is 10.5 Å². The molecule has 0 unspecified atom stereocenters. The van der Waals surface area contributed by atoms with Crippen molar-refractivity contribution in [2.75, 3.05) is 0 Å². The number of nitro groups is 1. The van der Waals surface area contributed by atoms with Crippen molar-refractivity contribution in [3.63, 3.8) is 0 Å². The van der Waals surface area contributed by atoms with Crippen molar-refractivity contribution in [2.24, 2.45) is 5.41 Å². The van der Waals surface area contributed by atoms with Gasteiger partial charge in [-0.25, -0.2) is 4.79 Å². The van der Waals surface area contributed by atoms with Crippen LogP contribution in [0.1, 0.15) is 38.1 Å². The summed E-state index contributed by atoms with van der Waals surface area (Å²) in [7, 11) is 0. The number of carbonyl (C=O) groups is 1. The topological polar surface area (TPSA) is 69.4 Å². The van der Waals surface area contributed by atoms with Gasteiger partial charge in [-0.1, -0.05) is 20.8 Å². The van der Waals surface area contributed by atoms with Crippen LogP contribution < -0.4 is 0 Å². The van der Waals surface area contributed by atoms with Crippen molar-refractivity contribution in [1.29, 1.82) is 0 Å². The number of nitro benzene ring substituents is 1. The third kappa shape index (κ3) is 3.55. The fourth-order valence-electron chi connectivity index (χ4n) is 1.12. The van der Waals surface area contributed by atoms with Crippen LogP contribution in [0, 0.1) is 15.5 Å². The van der Waals surface area contributed by atoms with Crippen LogP contribution in [-0.4, -0.2) is 17.0 Å². The second-order valence-electron chi connectivity index (χ2n) is 5.22. The van der Waals surface area contributed by atoms with Gasteiger partial charge in [-0.2, -0.15) is 0 Å². The van der Waals surface area contributed by atoms with E-state index in [0.717, 1.165) is 0 Å². The van der Waals surface area contributed by atoms with E-state index in [4.69, 9.17) is 4.74 Å². The SMILES string of the molecule is C[C@H](OC(=O)c1ccc([N+](=O)[O-])cc1)C(C)(C)C. The molecule has 0 saturated heterocycles. The molecule has 18 heavy (non-hydrogen) atoms. The molecule has 0 heterocycles. The van der Waals surface area contributed by atoms with Gasteiger partial charge < -0.3 is 4.74 Å².